The number of carbonyl (C=O) groups excluding carboxylic acids is 1. The van der Waals surface area contributed by atoms with E-state index < -0.39 is 0 Å². The van der Waals surface area contributed by atoms with E-state index in [2.05, 4.69) is 43.0 Å². The monoisotopic (exact) mass is 384 g/mol. The van der Waals surface area contributed by atoms with Crippen LogP contribution < -0.4 is 10.2 Å². The van der Waals surface area contributed by atoms with Crippen molar-refractivity contribution >= 4 is 23.2 Å². The fourth-order valence-electron chi connectivity index (χ4n) is 3.16. The van der Waals surface area contributed by atoms with Gasteiger partial charge in [0.05, 0.1) is 17.7 Å². The Morgan fingerprint density at radius 3 is 2.78 bits per heavy atom. The van der Waals surface area contributed by atoms with Gasteiger partial charge in [-0.15, -0.1) is 0 Å². The van der Waals surface area contributed by atoms with Crippen LogP contribution in [0.4, 0.5) is 10.6 Å². The summed E-state index contributed by atoms with van der Waals surface area (Å²) in [4.78, 5) is 23.0. The number of piperazine rings is 1. The van der Waals surface area contributed by atoms with Crippen LogP contribution >= 0.6 is 11.3 Å². The molecule has 27 heavy (non-hydrogen) atoms. The molecule has 0 saturated carbocycles. The fraction of sp³-hybridized carbons (Fsp3) is 0.421. The van der Waals surface area contributed by atoms with Gasteiger partial charge < -0.3 is 20.0 Å². The number of hydrogen-bond acceptors (Lipinski definition) is 6. The van der Waals surface area contributed by atoms with E-state index in [1.54, 1.807) is 29.7 Å². The standard InChI is InChI=1S/C19H24N6OS/c1-23(2)17(16-4-10-27-14-16)13-22-19(26)25-8-6-24(7-9-25)18-11-15(12-20)3-5-21-18/h3-5,10-11,14,17H,6-9,13H2,1-2H3,(H,22,26). The molecule has 2 aromatic heterocycles. The molecule has 7 nitrogen and oxygen atoms in total. The molecule has 1 unspecified atom stereocenters. The molecule has 0 aliphatic carbocycles. The summed E-state index contributed by atoms with van der Waals surface area (Å²) in [6, 6.07) is 7.86. The van der Waals surface area contributed by atoms with Gasteiger partial charge in [0.1, 0.15) is 5.82 Å². The van der Waals surface area contributed by atoms with Crippen LogP contribution in [-0.2, 0) is 0 Å². The van der Waals surface area contributed by atoms with E-state index in [0.717, 1.165) is 5.82 Å². The van der Waals surface area contributed by atoms with Crippen LogP contribution in [0.3, 0.4) is 0 Å². The van der Waals surface area contributed by atoms with Gasteiger partial charge in [-0.3, -0.25) is 0 Å². The minimum atomic E-state index is -0.0320. The first-order chi connectivity index (χ1) is 13.1. The number of urea groups is 1. The second kappa shape index (κ2) is 8.84. The molecule has 0 spiro atoms. The first kappa shape index (κ1) is 19.1. The summed E-state index contributed by atoms with van der Waals surface area (Å²) in [6.45, 7) is 3.26. The normalized spacial score (nSPS) is 15.5. The Labute approximate surface area is 163 Å². The van der Waals surface area contributed by atoms with Gasteiger partial charge in [0.25, 0.3) is 0 Å². The fourth-order valence-corrected chi connectivity index (χ4v) is 3.87. The minimum absolute atomic E-state index is 0.0320. The predicted octanol–water partition coefficient (Wildman–Crippen LogP) is 2.15. The highest BCUT2D eigenvalue weighted by molar-refractivity contribution is 7.07. The molecule has 1 N–H and O–H groups in total. The highest BCUT2D eigenvalue weighted by Gasteiger charge is 2.23. The van der Waals surface area contributed by atoms with E-state index in [1.165, 1.54) is 5.56 Å². The third kappa shape index (κ3) is 4.76. The van der Waals surface area contributed by atoms with Gasteiger partial charge in [-0.25, -0.2) is 9.78 Å². The van der Waals surface area contributed by atoms with Crippen molar-refractivity contribution < 1.29 is 4.79 Å². The Balaban J connectivity index is 1.51. The lowest BCUT2D eigenvalue weighted by Crippen LogP contribution is -2.52. The van der Waals surface area contributed by atoms with Crippen molar-refractivity contribution in [1.82, 2.24) is 20.1 Å². The number of amides is 2. The highest BCUT2D eigenvalue weighted by atomic mass is 32.1. The molecule has 1 fully saturated rings. The summed E-state index contributed by atoms with van der Waals surface area (Å²) in [5.41, 5.74) is 1.82. The summed E-state index contributed by atoms with van der Waals surface area (Å²) >= 11 is 1.67. The molecule has 1 aliphatic heterocycles. The molecule has 0 radical (unpaired) electrons. The number of thiophene rings is 1. The number of pyridine rings is 1. The zero-order valence-electron chi connectivity index (χ0n) is 15.6. The Bertz CT molecular complexity index is 793. The van der Waals surface area contributed by atoms with Crippen LogP contribution in [0.15, 0.2) is 35.2 Å². The first-order valence-corrected chi connectivity index (χ1v) is 9.85. The highest BCUT2D eigenvalue weighted by Crippen LogP contribution is 2.20. The van der Waals surface area contributed by atoms with Crippen molar-refractivity contribution in [3.63, 3.8) is 0 Å². The maximum absolute atomic E-state index is 12.6. The van der Waals surface area contributed by atoms with Gasteiger partial charge in [-0.1, -0.05) is 0 Å². The third-order valence-corrected chi connectivity index (χ3v) is 5.46. The molecule has 2 amide bonds. The van der Waals surface area contributed by atoms with E-state index in [-0.39, 0.29) is 12.1 Å². The van der Waals surface area contributed by atoms with Crippen LogP contribution in [0.1, 0.15) is 17.2 Å². The minimum Gasteiger partial charge on any atom is -0.353 e. The number of anilines is 1. The molecule has 2 aromatic rings. The number of rotatable bonds is 5. The van der Waals surface area contributed by atoms with Gasteiger partial charge in [-0.05, 0) is 48.6 Å². The quantitative estimate of drug-likeness (QED) is 0.855. The van der Waals surface area contributed by atoms with E-state index in [1.807, 2.05) is 19.0 Å². The summed E-state index contributed by atoms with van der Waals surface area (Å²) < 4.78 is 0. The second-order valence-corrected chi connectivity index (χ2v) is 7.49. The smallest absolute Gasteiger partial charge is 0.317 e. The summed E-state index contributed by atoms with van der Waals surface area (Å²) in [5.74, 6) is 0.791. The topological polar surface area (TPSA) is 75.5 Å². The number of carbonyl (C=O) groups is 1. The van der Waals surface area contributed by atoms with Crippen LogP contribution in [0.5, 0.6) is 0 Å². The summed E-state index contributed by atoms with van der Waals surface area (Å²) in [6.07, 6.45) is 1.65. The Morgan fingerprint density at radius 1 is 1.37 bits per heavy atom. The summed E-state index contributed by atoms with van der Waals surface area (Å²) in [7, 11) is 4.05. The van der Waals surface area contributed by atoms with Gasteiger partial charge >= 0.3 is 6.03 Å². The lowest BCUT2D eigenvalue weighted by atomic mass is 10.1. The van der Waals surface area contributed by atoms with Crippen LogP contribution in [0.25, 0.3) is 0 Å². The molecule has 3 heterocycles. The van der Waals surface area contributed by atoms with Crippen LogP contribution in [-0.4, -0.2) is 67.6 Å². The van der Waals surface area contributed by atoms with Gasteiger partial charge in [0.15, 0.2) is 0 Å². The maximum atomic E-state index is 12.6. The van der Waals surface area contributed by atoms with Crippen molar-refractivity contribution in [1.29, 1.82) is 5.26 Å². The molecule has 142 valence electrons. The molecule has 0 bridgehead atoms. The van der Waals surface area contributed by atoms with E-state index in [9.17, 15) is 4.79 Å². The van der Waals surface area contributed by atoms with Crippen molar-refractivity contribution in [2.45, 2.75) is 6.04 Å². The van der Waals surface area contributed by atoms with Crippen molar-refractivity contribution in [2.75, 3.05) is 51.7 Å². The zero-order valence-corrected chi connectivity index (χ0v) is 16.4. The Morgan fingerprint density at radius 2 is 2.15 bits per heavy atom. The Hall–Kier alpha value is -2.63. The molecule has 0 aromatic carbocycles. The maximum Gasteiger partial charge on any atom is 0.317 e. The molecule has 3 rings (SSSR count). The second-order valence-electron chi connectivity index (χ2n) is 6.71. The lowest BCUT2D eigenvalue weighted by Gasteiger charge is -2.36. The number of aromatic nitrogens is 1. The molecule has 1 aliphatic rings. The van der Waals surface area contributed by atoms with Crippen molar-refractivity contribution in [3.05, 3.63) is 46.3 Å². The predicted molar refractivity (Wildman–Crippen MR) is 107 cm³/mol. The molecule has 1 atom stereocenters. The lowest BCUT2D eigenvalue weighted by molar-refractivity contribution is 0.189. The van der Waals surface area contributed by atoms with E-state index >= 15 is 0 Å². The summed E-state index contributed by atoms with van der Waals surface area (Å²) in [5, 5.41) is 16.3. The first-order valence-electron chi connectivity index (χ1n) is 8.91. The van der Waals surface area contributed by atoms with Gasteiger partial charge in [0.2, 0.25) is 0 Å². The molecular formula is C19H24N6OS. The third-order valence-electron chi connectivity index (χ3n) is 4.76. The van der Waals surface area contributed by atoms with Gasteiger partial charge in [-0.2, -0.15) is 16.6 Å². The molecular weight excluding hydrogens is 360 g/mol. The zero-order chi connectivity index (χ0) is 19.2. The van der Waals surface area contributed by atoms with E-state index in [0.29, 0.717) is 38.3 Å². The molecule has 8 heteroatoms. The number of hydrogen-bond donors (Lipinski definition) is 1. The number of nitriles is 1. The SMILES string of the molecule is CN(C)C(CNC(=O)N1CCN(c2cc(C#N)ccn2)CC1)c1ccsc1. The number of likely N-dealkylation sites (N-methyl/N-ethyl adjacent to an activating group) is 1. The average molecular weight is 385 g/mol. The number of nitrogens with one attached hydrogen (secondary N) is 1. The van der Waals surface area contributed by atoms with Crippen LogP contribution in [0, 0.1) is 11.3 Å². The Kier molecular flexibility index (Phi) is 6.27. The largest absolute Gasteiger partial charge is 0.353 e. The average Bonchev–Trinajstić information content (AvgIpc) is 3.22. The number of nitrogens with zero attached hydrogens (tertiary/aromatic N) is 5. The molecule has 1 saturated heterocycles. The van der Waals surface area contributed by atoms with Crippen LogP contribution in [0.2, 0.25) is 0 Å². The van der Waals surface area contributed by atoms with Crippen molar-refractivity contribution in [2.24, 2.45) is 0 Å². The van der Waals surface area contributed by atoms with Gasteiger partial charge in [0, 0.05) is 38.9 Å². The van der Waals surface area contributed by atoms with E-state index in [4.69, 9.17) is 5.26 Å². The van der Waals surface area contributed by atoms with Crippen molar-refractivity contribution in [3.8, 4) is 6.07 Å².